The average Bonchev–Trinajstić information content (AvgIpc) is 2.46. The fourth-order valence-electron chi connectivity index (χ4n) is 2.29. The van der Waals surface area contributed by atoms with Gasteiger partial charge in [0, 0.05) is 18.1 Å². The zero-order valence-electron chi connectivity index (χ0n) is 15.6. The molecule has 0 amide bonds. The molecule has 0 spiro atoms. The van der Waals surface area contributed by atoms with Gasteiger partial charge in [-0.1, -0.05) is 20.8 Å². The van der Waals surface area contributed by atoms with Gasteiger partial charge >= 0.3 is 0 Å². The molecular weight excluding hydrogens is 318 g/mol. The van der Waals surface area contributed by atoms with Crippen LogP contribution in [0.5, 0.6) is 5.75 Å². The largest absolute Gasteiger partial charge is 0.495 e. The molecule has 0 bridgehead atoms. The molecule has 0 saturated heterocycles. The molecule has 0 aliphatic carbocycles. The van der Waals surface area contributed by atoms with Crippen molar-refractivity contribution in [2.45, 2.75) is 45.3 Å². The Labute approximate surface area is 145 Å². The van der Waals surface area contributed by atoms with E-state index < -0.39 is 8.32 Å². The van der Waals surface area contributed by atoms with Crippen molar-refractivity contribution < 1.29 is 9.16 Å². The molecule has 5 nitrogen and oxygen atoms in total. The van der Waals surface area contributed by atoms with Crippen LogP contribution >= 0.6 is 0 Å². The number of ether oxygens (including phenoxy) is 1. The van der Waals surface area contributed by atoms with Crippen molar-refractivity contribution in [3.63, 3.8) is 0 Å². The summed E-state index contributed by atoms with van der Waals surface area (Å²) in [5, 5.41) is 1.16. The number of nitrogens with two attached hydrogens (primary N) is 2. The number of fused-ring (bicyclic) bond motifs is 1. The van der Waals surface area contributed by atoms with E-state index in [0.717, 1.165) is 22.9 Å². The van der Waals surface area contributed by atoms with Gasteiger partial charge in [0.05, 0.1) is 18.3 Å². The van der Waals surface area contributed by atoms with E-state index in [1.54, 1.807) is 7.11 Å². The second-order valence-electron chi connectivity index (χ2n) is 7.68. The second-order valence-corrected chi connectivity index (χ2v) is 12.5. The highest BCUT2D eigenvalue weighted by molar-refractivity contribution is 6.74. The van der Waals surface area contributed by atoms with Gasteiger partial charge in [0.25, 0.3) is 0 Å². The zero-order valence-corrected chi connectivity index (χ0v) is 16.6. The molecule has 0 aliphatic rings. The van der Waals surface area contributed by atoms with Crippen LogP contribution in [0, 0.1) is 0 Å². The zero-order chi connectivity index (χ0) is 18.1. The lowest BCUT2D eigenvalue weighted by Gasteiger charge is -2.36. The van der Waals surface area contributed by atoms with Crippen LogP contribution in [0.3, 0.4) is 0 Å². The van der Waals surface area contributed by atoms with Crippen LogP contribution in [0.1, 0.15) is 26.3 Å². The van der Waals surface area contributed by atoms with Gasteiger partial charge in [0.2, 0.25) is 0 Å². The first-order valence-electron chi connectivity index (χ1n) is 8.22. The molecule has 24 heavy (non-hydrogen) atoms. The maximum absolute atomic E-state index is 6.24. The number of nitrogen functional groups attached to an aromatic ring is 2. The van der Waals surface area contributed by atoms with E-state index in [0.29, 0.717) is 23.9 Å². The number of anilines is 2. The fraction of sp³-hybridized carbons (Fsp3) is 0.500. The second kappa shape index (κ2) is 6.61. The van der Waals surface area contributed by atoms with Gasteiger partial charge in [-0.2, -0.15) is 0 Å². The number of aromatic nitrogens is 1. The standard InChI is InChI=1S/C18H29N3O2Si/c1-18(2,3)24(5,6)23-8-7-12-9-13-10-14(19)16(22-4)11-15(13)21-17(12)20/h9-11H,7-8,19H2,1-6H3,(H2,20,21). The van der Waals surface area contributed by atoms with Crippen molar-refractivity contribution in [2.24, 2.45) is 0 Å². The predicted octanol–water partition coefficient (Wildman–Crippen LogP) is 3.97. The summed E-state index contributed by atoms with van der Waals surface area (Å²) in [7, 11) is -0.158. The average molecular weight is 348 g/mol. The number of nitrogens with zero attached hydrogens (tertiary/aromatic N) is 1. The molecular formula is C18H29N3O2Si. The third-order valence-corrected chi connectivity index (χ3v) is 9.46. The molecule has 0 unspecified atom stereocenters. The van der Waals surface area contributed by atoms with E-state index in [9.17, 15) is 0 Å². The van der Waals surface area contributed by atoms with Gasteiger partial charge < -0.3 is 20.6 Å². The molecule has 6 heteroatoms. The van der Waals surface area contributed by atoms with Crippen LogP contribution in [0.15, 0.2) is 18.2 Å². The molecule has 1 aromatic heterocycles. The highest BCUT2D eigenvalue weighted by Crippen LogP contribution is 2.36. The maximum Gasteiger partial charge on any atom is 0.191 e. The molecule has 0 atom stereocenters. The lowest BCUT2D eigenvalue weighted by molar-refractivity contribution is 0.292. The summed E-state index contributed by atoms with van der Waals surface area (Å²) in [4.78, 5) is 4.49. The minimum Gasteiger partial charge on any atom is -0.495 e. The first-order valence-corrected chi connectivity index (χ1v) is 11.1. The van der Waals surface area contributed by atoms with Crippen molar-refractivity contribution in [1.29, 1.82) is 0 Å². The van der Waals surface area contributed by atoms with E-state index in [1.807, 2.05) is 18.2 Å². The molecule has 2 aromatic rings. The summed E-state index contributed by atoms with van der Waals surface area (Å²) < 4.78 is 11.5. The van der Waals surface area contributed by atoms with Gasteiger partial charge in [-0.3, -0.25) is 0 Å². The van der Waals surface area contributed by atoms with Gasteiger partial charge in [0.15, 0.2) is 8.32 Å². The minimum atomic E-state index is -1.75. The SMILES string of the molecule is COc1cc2nc(N)c(CCO[Si](C)(C)C(C)(C)C)cc2cc1N. The van der Waals surface area contributed by atoms with Crippen molar-refractivity contribution in [2.75, 3.05) is 25.2 Å². The molecule has 132 valence electrons. The summed E-state index contributed by atoms with van der Waals surface area (Å²) in [6, 6.07) is 5.73. The Hall–Kier alpha value is -1.79. The predicted molar refractivity (Wildman–Crippen MR) is 104 cm³/mol. The number of hydrogen-bond donors (Lipinski definition) is 2. The Morgan fingerprint density at radius 1 is 1.12 bits per heavy atom. The molecule has 0 fully saturated rings. The van der Waals surface area contributed by atoms with E-state index >= 15 is 0 Å². The normalized spacial score (nSPS) is 12.6. The van der Waals surface area contributed by atoms with Crippen molar-refractivity contribution in [1.82, 2.24) is 4.98 Å². The molecule has 0 aliphatic heterocycles. The Morgan fingerprint density at radius 2 is 1.79 bits per heavy atom. The Morgan fingerprint density at radius 3 is 2.38 bits per heavy atom. The van der Waals surface area contributed by atoms with Crippen LogP contribution in [-0.2, 0) is 10.8 Å². The van der Waals surface area contributed by atoms with Gasteiger partial charge in [-0.25, -0.2) is 4.98 Å². The topological polar surface area (TPSA) is 83.4 Å². The number of hydrogen-bond acceptors (Lipinski definition) is 5. The van der Waals surface area contributed by atoms with Crippen LogP contribution in [0.2, 0.25) is 18.1 Å². The Kier molecular flexibility index (Phi) is 5.10. The van der Waals surface area contributed by atoms with Gasteiger partial charge in [-0.05, 0) is 42.2 Å². The van der Waals surface area contributed by atoms with E-state index in [4.69, 9.17) is 20.6 Å². The number of methoxy groups -OCH3 is 1. The lowest BCUT2D eigenvalue weighted by Crippen LogP contribution is -2.41. The quantitative estimate of drug-likeness (QED) is 0.631. The lowest BCUT2D eigenvalue weighted by atomic mass is 10.1. The number of pyridine rings is 1. The van der Waals surface area contributed by atoms with Crippen LogP contribution < -0.4 is 16.2 Å². The summed E-state index contributed by atoms with van der Waals surface area (Å²) in [6.07, 6.45) is 0.743. The summed E-state index contributed by atoms with van der Waals surface area (Å²) in [5.74, 6) is 1.15. The van der Waals surface area contributed by atoms with E-state index in [1.165, 1.54) is 0 Å². The third-order valence-electron chi connectivity index (χ3n) is 4.92. The van der Waals surface area contributed by atoms with Crippen LogP contribution in [0.4, 0.5) is 11.5 Å². The number of benzene rings is 1. The first-order chi connectivity index (χ1) is 11.0. The summed E-state index contributed by atoms with van der Waals surface area (Å²) in [5.41, 5.74) is 14.5. The van der Waals surface area contributed by atoms with Crippen molar-refractivity contribution in [3.8, 4) is 5.75 Å². The molecule has 0 radical (unpaired) electrons. The van der Waals surface area contributed by atoms with E-state index in [-0.39, 0.29) is 5.04 Å². The van der Waals surface area contributed by atoms with Gasteiger partial charge in [0.1, 0.15) is 11.6 Å². The van der Waals surface area contributed by atoms with Crippen LogP contribution in [-0.4, -0.2) is 27.0 Å². The van der Waals surface area contributed by atoms with Gasteiger partial charge in [-0.15, -0.1) is 0 Å². The molecule has 2 rings (SSSR count). The summed E-state index contributed by atoms with van der Waals surface area (Å²) in [6.45, 7) is 11.9. The first kappa shape index (κ1) is 18.5. The molecule has 0 saturated carbocycles. The van der Waals surface area contributed by atoms with Crippen molar-refractivity contribution in [3.05, 3.63) is 23.8 Å². The molecule has 4 N–H and O–H groups in total. The highest BCUT2D eigenvalue weighted by Gasteiger charge is 2.36. The minimum absolute atomic E-state index is 0.200. The summed E-state index contributed by atoms with van der Waals surface area (Å²) >= 11 is 0. The number of rotatable bonds is 5. The Balaban J connectivity index is 2.20. The third kappa shape index (κ3) is 3.81. The Bertz CT molecular complexity index is 739. The monoisotopic (exact) mass is 347 g/mol. The van der Waals surface area contributed by atoms with Crippen molar-refractivity contribution >= 4 is 30.7 Å². The molecule has 1 heterocycles. The smallest absolute Gasteiger partial charge is 0.191 e. The maximum atomic E-state index is 6.24. The highest BCUT2D eigenvalue weighted by atomic mass is 28.4. The van der Waals surface area contributed by atoms with E-state index in [2.05, 4.69) is 38.8 Å². The van der Waals surface area contributed by atoms with Crippen LogP contribution in [0.25, 0.3) is 10.9 Å². The molecule has 1 aromatic carbocycles. The fourth-order valence-corrected chi connectivity index (χ4v) is 3.33.